The van der Waals surface area contributed by atoms with Crippen LogP contribution in [0, 0.1) is 5.92 Å². The maximum absolute atomic E-state index is 15.6. The molecule has 1 N–H and O–H groups in total. The van der Waals surface area contributed by atoms with Crippen molar-refractivity contribution in [1.82, 2.24) is 19.4 Å². The van der Waals surface area contributed by atoms with Crippen molar-refractivity contribution in [3.8, 4) is 0 Å². The summed E-state index contributed by atoms with van der Waals surface area (Å²) in [6.45, 7) is 20.2. The normalized spacial score (nSPS) is 17.6. The van der Waals surface area contributed by atoms with E-state index in [2.05, 4.69) is 35.8 Å². The summed E-state index contributed by atoms with van der Waals surface area (Å²) in [6.07, 6.45) is 4.29. The summed E-state index contributed by atoms with van der Waals surface area (Å²) in [5.74, 6) is -1.96. The van der Waals surface area contributed by atoms with Gasteiger partial charge in [0.15, 0.2) is 0 Å². The molecule has 0 spiro atoms. The molecular weight excluding hydrogens is 751 g/mol. The fourth-order valence-electron chi connectivity index (χ4n) is 6.60. The highest BCUT2D eigenvalue weighted by Crippen LogP contribution is 2.39. The number of anilines is 1. The number of amides is 1. The number of aldehydes is 1. The van der Waals surface area contributed by atoms with Crippen molar-refractivity contribution in [3.05, 3.63) is 63.7 Å². The number of rotatable bonds is 15. The fraction of sp³-hybridized carbons (Fsp3) is 0.643. The van der Waals surface area contributed by atoms with Crippen LogP contribution in [0.1, 0.15) is 109 Å². The first-order chi connectivity index (χ1) is 27.0. The van der Waals surface area contributed by atoms with Crippen LogP contribution in [0.15, 0.2) is 41.5 Å². The molecule has 0 bridgehead atoms. The minimum atomic E-state index is -3.10. The maximum Gasteiger partial charge on any atom is 0.410 e. The van der Waals surface area contributed by atoms with Crippen molar-refractivity contribution >= 4 is 46.7 Å². The topological polar surface area (TPSA) is 133 Å². The first-order valence-electron chi connectivity index (χ1n) is 20.5. The molecule has 0 unspecified atom stereocenters. The number of hydrogen-bond donors (Lipinski definition) is 1. The Balaban J connectivity index is 0.00000136. The second-order valence-corrected chi connectivity index (χ2v) is 18.0. The van der Waals surface area contributed by atoms with E-state index in [-0.39, 0.29) is 42.5 Å². The predicted octanol–water partition coefficient (Wildman–Crippen LogP) is 8.72. The highest BCUT2D eigenvalue weighted by molar-refractivity contribution is 7.85. The average Bonchev–Trinajstić information content (AvgIpc) is 3.13. The van der Waals surface area contributed by atoms with Crippen LogP contribution in [0.4, 0.5) is 19.4 Å². The number of fused-ring (bicyclic) bond motifs is 1. The molecule has 1 amide bonds. The van der Waals surface area contributed by atoms with Gasteiger partial charge in [0.05, 0.1) is 5.39 Å². The van der Waals surface area contributed by atoms with Crippen LogP contribution < -0.4 is 10.9 Å². The first kappa shape index (κ1) is 47.7. The van der Waals surface area contributed by atoms with E-state index in [9.17, 15) is 18.6 Å². The Hall–Kier alpha value is -3.72. The third kappa shape index (κ3) is 14.6. The summed E-state index contributed by atoms with van der Waals surface area (Å²) >= 11 is 0. The van der Waals surface area contributed by atoms with Crippen molar-refractivity contribution in [2.45, 2.75) is 131 Å². The number of unbranched alkanes of at least 4 members (excludes halogenated alkanes) is 1. The molecule has 5 rings (SSSR count). The summed E-state index contributed by atoms with van der Waals surface area (Å²) in [4.78, 5) is 47.2. The van der Waals surface area contributed by atoms with Gasteiger partial charge in [-0.05, 0) is 77.0 Å². The number of pyridine rings is 1. The standard InChI is InChI=1S/C37H49F2N5O6S.C3H9B.C2H6/c1-25(28-9-7-10-29(19-28)37(38,39)21-26-22-43(23-26)35(47)50-36(2,3)4)42-32-31-20-30(27-11-17-51(48)18-12-27)34(46)44(33(31)41-24-40-32)13-8-16-49-15-6-5-14-45;1-4(2)3;1-2/h7,9-10,14,19-20,24-27H,5-6,8,11-13,15-18,21-23H2,1-4H3,(H,40,41,42);1-3H3;1-2H3/t25-,27?,51?;;/m1../s1. The third-order valence-corrected chi connectivity index (χ3v) is 10.7. The Morgan fingerprint density at radius 1 is 1.07 bits per heavy atom. The molecule has 4 heterocycles. The van der Waals surface area contributed by atoms with Crippen molar-refractivity contribution in [2.24, 2.45) is 5.92 Å². The van der Waals surface area contributed by atoms with Gasteiger partial charge < -0.3 is 24.5 Å². The van der Waals surface area contributed by atoms with E-state index < -0.39 is 34.5 Å². The van der Waals surface area contributed by atoms with Gasteiger partial charge in [-0.3, -0.25) is 13.6 Å². The number of carbonyl (C=O) groups excluding carboxylic acids is 2. The van der Waals surface area contributed by atoms with Gasteiger partial charge >= 0.3 is 6.09 Å². The lowest BCUT2D eigenvalue weighted by Gasteiger charge is -2.41. The monoisotopic (exact) mass is 815 g/mol. The Morgan fingerprint density at radius 2 is 1.72 bits per heavy atom. The minimum absolute atomic E-state index is 0.0540. The molecular formula is C42H64BF2N5O6S. The lowest BCUT2D eigenvalue weighted by molar-refractivity contribution is -0.108. The Labute approximate surface area is 340 Å². The number of alkyl halides is 2. The molecule has 2 aromatic heterocycles. The number of hydrogen-bond acceptors (Lipinski definition) is 9. The van der Waals surface area contributed by atoms with E-state index in [1.54, 1.807) is 37.5 Å². The van der Waals surface area contributed by atoms with Crippen molar-refractivity contribution in [1.29, 1.82) is 0 Å². The van der Waals surface area contributed by atoms with Gasteiger partial charge in [-0.25, -0.2) is 23.5 Å². The van der Waals surface area contributed by atoms with E-state index in [1.807, 2.05) is 26.8 Å². The first-order valence-corrected chi connectivity index (χ1v) is 21.9. The molecule has 15 heteroatoms. The minimum Gasteiger partial charge on any atom is -0.444 e. The number of carbonyl (C=O) groups is 2. The van der Waals surface area contributed by atoms with E-state index >= 15 is 8.78 Å². The molecule has 0 aliphatic carbocycles. The SMILES string of the molecule is CB(C)C.CC.C[C@@H](Nc1ncnc2c1cc(C1CCS(=O)CC1)c(=O)n2CCCOCCCC=O)c1cccc(C(F)(F)CC2CN(C(=O)OC(C)(C)C)C2)c1. The molecule has 0 saturated carbocycles. The number of halogens is 2. The molecule has 1 aromatic carbocycles. The van der Waals surface area contributed by atoms with Gasteiger partial charge in [-0.2, -0.15) is 0 Å². The zero-order valence-electron chi connectivity index (χ0n) is 35.4. The summed E-state index contributed by atoms with van der Waals surface area (Å²) in [7, 11) is -0.892. The predicted molar refractivity (Wildman–Crippen MR) is 227 cm³/mol. The van der Waals surface area contributed by atoms with Crippen LogP contribution in [0.3, 0.4) is 0 Å². The Morgan fingerprint density at radius 3 is 2.35 bits per heavy atom. The summed E-state index contributed by atoms with van der Waals surface area (Å²) in [6, 6.07) is 7.74. The highest BCUT2D eigenvalue weighted by Gasteiger charge is 2.42. The van der Waals surface area contributed by atoms with Crippen LogP contribution in [-0.2, 0) is 37.5 Å². The van der Waals surface area contributed by atoms with Gasteiger partial charge in [0, 0.05) is 91.1 Å². The second kappa shape index (κ2) is 22.4. The van der Waals surface area contributed by atoms with Crippen LogP contribution in [-0.4, -0.2) is 86.1 Å². The average molecular weight is 816 g/mol. The molecule has 2 aliphatic rings. The van der Waals surface area contributed by atoms with E-state index in [0.29, 0.717) is 91.3 Å². The van der Waals surface area contributed by atoms with Crippen LogP contribution in [0.25, 0.3) is 11.0 Å². The molecule has 57 heavy (non-hydrogen) atoms. The number of ether oxygens (including phenoxy) is 2. The largest absolute Gasteiger partial charge is 0.444 e. The van der Waals surface area contributed by atoms with Gasteiger partial charge in [-0.1, -0.05) is 52.5 Å². The van der Waals surface area contributed by atoms with Gasteiger partial charge in [0.25, 0.3) is 11.5 Å². The molecule has 2 saturated heterocycles. The lowest BCUT2D eigenvalue weighted by Crippen LogP contribution is -2.52. The molecule has 3 aromatic rings. The quantitative estimate of drug-likeness (QED) is 0.0909. The van der Waals surface area contributed by atoms with Crippen molar-refractivity contribution in [3.63, 3.8) is 0 Å². The summed E-state index contributed by atoms with van der Waals surface area (Å²) in [5, 5.41) is 4.03. The molecule has 2 aliphatic heterocycles. The molecule has 316 valence electrons. The number of aromatic nitrogens is 3. The Kier molecular flexibility index (Phi) is 18.8. The Bertz CT molecular complexity index is 1820. The molecule has 0 radical (unpaired) electrons. The van der Waals surface area contributed by atoms with Crippen LogP contribution >= 0.6 is 0 Å². The van der Waals surface area contributed by atoms with E-state index in [4.69, 9.17) is 9.47 Å². The van der Waals surface area contributed by atoms with Gasteiger partial charge in [-0.15, -0.1) is 0 Å². The number of likely N-dealkylation sites (tertiary alicyclic amines) is 1. The van der Waals surface area contributed by atoms with Gasteiger partial charge in [0.2, 0.25) is 0 Å². The number of nitrogens with one attached hydrogen (secondary N) is 1. The van der Waals surface area contributed by atoms with Crippen molar-refractivity contribution in [2.75, 3.05) is 43.1 Å². The summed E-state index contributed by atoms with van der Waals surface area (Å²) in [5.41, 5.74) is 0.822. The number of benzene rings is 1. The zero-order valence-corrected chi connectivity index (χ0v) is 36.3. The zero-order chi connectivity index (χ0) is 42.3. The van der Waals surface area contributed by atoms with Crippen molar-refractivity contribution < 1.29 is 32.1 Å². The second-order valence-electron chi connectivity index (χ2n) is 16.3. The molecule has 11 nitrogen and oxygen atoms in total. The van der Waals surface area contributed by atoms with E-state index in [1.165, 1.54) is 23.4 Å². The lowest BCUT2D eigenvalue weighted by atomic mass is 9.58. The van der Waals surface area contributed by atoms with Crippen LogP contribution in [0.2, 0.25) is 20.5 Å². The third-order valence-electron chi connectivity index (χ3n) is 9.34. The van der Waals surface area contributed by atoms with E-state index in [0.717, 1.165) is 13.0 Å². The number of nitrogens with zero attached hydrogens (tertiary/aromatic N) is 4. The molecule has 1 atom stereocenters. The summed E-state index contributed by atoms with van der Waals surface area (Å²) < 4.78 is 56.0. The highest BCUT2D eigenvalue weighted by atomic mass is 32.2. The van der Waals surface area contributed by atoms with Crippen LogP contribution in [0.5, 0.6) is 0 Å². The van der Waals surface area contributed by atoms with Gasteiger partial charge in [0.1, 0.15) is 36.4 Å². The molecule has 2 fully saturated rings. The number of aryl methyl sites for hydroxylation is 1. The smallest absolute Gasteiger partial charge is 0.410 e. The fourth-order valence-corrected chi connectivity index (χ4v) is 7.90. The maximum atomic E-state index is 15.6.